The number of rotatable bonds is 6. The van der Waals surface area contributed by atoms with Gasteiger partial charge in [0.2, 0.25) is 11.8 Å². The Morgan fingerprint density at radius 2 is 1.81 bits per heavy atom. The van der Waals surface area contributed by atoms with Gasteiger partial charge in [-0.25, -0.2) is 4.79 Å². The number of primary amides is 1. The summed E-state index contributed by atoms with van der Waals surface area (Å²) in [5.41, 5.74) is 5.56. The van der Waals surface area contributed by atoms with Crippen molar-refractivity contribution in [2.75, 3.05) is 31.7 Å². The number of likely N-dealkylation sites (N-methyl/N-ethyl adjacent to an activating group) is 1. The Morgan fingerprint density at radius 1 is 1.19 bits per heavy atom. The number of nitrogens with two attached hydrogens (primary N) is 1. The van der Waals surface area contributed by atoms with Crippen molar-refractivity contribution >= 4 is 35.3 Å². The molecule has 1 aromatic rings. The molecule has 0 aliphatic carbocycles. The number of para-hydroxylation sites is 1. The third-order valence-corrected chi connectivity index (χ3v) is 3.27. The Hall–Kier alpha value is -2.06. The second-order valence-electron chi connectivity index (χ2n) is 4.33. The van der Waals surface area contributed by atoms with Crippen LogP contribution in [0.3, 0.4) is 0 Å². The number of benzene rings is 1. The zero-order valence-electron chi connectivity index (χ0n) is 11.9. The van der Waals surface area contributed by atoms with Crippen LogP contribution >= 0.6 is 11.8 Å². The van der Waals surface area contributed by atoms with Crippen LogP contribution < -0.4 is 16.4 Å². The number of nitrogens with one attached hydrogen (secondary N) is 2. The van der Waals surface area contributed by atoms with E-state index in [0.717, 1.165) is 10.6 Å². The fourth-order valence-corrected chi connectivity index (χ4v) is 2.21. The van der Waals surface area contributed by atoms with Gasteiger partial charge in [0.1, 0.15) is 0 Å². The molecular formula is C13H18N4O3S. The number of thioether (sulfide) groups is 1. The van der Waals surface area contributed by atoms with Crippen molar-refractivity contribution in [1.29, 1.82) is 0 Å². The highest BCUT2D eigenvalue weighted by molar-refractivity contribution is 7.98. The van der Waals surface area contributed by atoms with Gasteiger partial charge in [0, 0.05) is 4.90 Å². The molecule has 1 rings (SSSR count). The summed E-state index contributed by atoms with van der Waals surface area (Å²) in [6, 6.07) is 6.53. The van der Waals surface area contributed by atoms with E-state index >= 15 is 0 Å². The van der Waals surface area contributed by atoms with Crippen molar-refractivity contribution in [2.45, 2.75) is 4.90 Å². The van der Waals surface area contributed by atoms with E-state index in [1.807, 2.05) is 35.8 Å². The molecular weight excluding hydrogens is 292 g/mol. The summed E-state index contributed by atoms with van der Waals surface area (Å²) >= 11 is 1.53. The zero-order chi connectivity index (χ0) is 15.8. The molecule has 0 saturated heterocycles. The molecule has 0 radical (unpaired) electrons. The van der Waals surface area contributed by atoms with E-state index in [9.17, 15) is 14.4 Å². The second-order valence-corrected chi connectivity index (χ2v) is 5.18. The highest BCUT2D eigenvalue weighted by Crippen LogP contribution is 2.24. The van der Waals surface area contributed by atoms with Gasteiger partial charge < -0.3 is 11.1 Å². The molecule has 7 nitrogen and oxygen atoms in total. The van der Waals surface area contributed by atoms with Gasteiger partial charge in [0.15, 0.2) is 0 Å². The fourth-order valence-electron chi connectivity index (χ4n) is 1.66. The standard InChI is InChI=1S/C13H18N4O3S/c1-17(8-12(19)16-13(14)20)7-11(18)15-9-5-3-4-6-10(9)21-2/h3-6H,7-8H2,1-2H3,(H,15,18)(H3,14,16,19,20). The smallest absolute Gasteiger partial charge is 0.318 e. The predicted octanol–water partition coefficient (Wildman–Crippen LogP) is 0.474. The van der Waals surface area contributed by atoms with Crippen molar-refractivity contribution in [3.8, 4) is 0 Å². The number of urea groups is 1. The zero-order valence-corrected chi connectivity index (χ0v) is 12.7. The number of hydrogen-bond donors (Lipinski definition) is 3. The number of imide groups is 1. The molecule has 0 aliphatic rings. The number of carbonyl (C=O) groups is 3. The molecule has 0 fully saturated rings. The normalized spacial score (nSPS) is 10.2. The number of carbonyl (C=O) groups excluding carboxylic acids is 3. The van der Waals surface area contributed by atoms with Crippen LogP contribution in [0.5, 0.6) is 0 Å². The van der Waals surface area contributed by atoms with Gasteiger partial charge in [-0.3, -0.25) is 19.8 Å². The lowest BCUT2D eigenvalue weighted by Crippen LogP contribution is -2.43. The van der Waals surface area contributed by atoms with Gasteiger partial charge in [-0.1, -0.05) is 12.1 Å². The molecule has 0 unspecified atom stereocenters. The molecule has 1 aromatic carbocycles. The molecule has 0 saturated carbocycles. The largest absolute Gasteiger partial charge is 0.351 e. The van der Waals surface area contributed by atoms with Crippen LogP contribution in [0.2, 0.25) is 0 Å². The number of anilines is 1. The first-order valence-electron chi connectivity index (χ1n) is 6.13. The van der Waals surface area contributed by atoms with Crippen molar-refractivity contribution in [3.63, 3.8) is 0 Å². The first-order valence-corrected chi connectivity index (χ1v) is 7.35. The van der Waals surface area contributed by atoms with E-state index in [1.54, 1.807) is 7.05 Å². The second kappa shape index (κ2) is 8.28. The fraction of sp³-hybridized carbons (Fsp3) is 0.308. The van der Waals surface area contributed by atoms with E-state index < -0.39 is 11.9 Å². The minimum Gasteiger partial charge on any atom is -0.351 e. The third-order valence-electron chi connectivity index (χ3n) is 2.47. The molecule has 0 bridgehead atoms. The molecule has 0 spiro atoms. The molecule has 21 heavy (non-hydrogen) atoms. The Bertz CT molecular complexity index is 536. The van der Waals surface area contributed by atoms with Gasteiger partial charge >= 0.3 is 6.03 Å². The molecule has 0 aromatic heterocycles. The van der Waals surface area contributed by atoms with Crippen LogP contribution in [0, 0.1) is 0 Å². The first-order chi connectivity index (χ1) is 9.92. The van der Waals surface area contributed by atoms with E-state index in [1.165, 1.54) is 16.7 Å². The Kier molecular flexibility index (Phi) is 6.70. The van der Waals surface area contributed by atoms with Crippen LogP contribution in [-0.2, 0) is 9.59 Å². The Morgan fingerprint density at radius 3 is 2.43 bits per heavy atom. The van der Waals surface area contributed by atoms with Gasteiger partial charge in [-0.15, -0.1) is 11.8 Å². The third kappa shape index (κ3) is 6.28. The summed E-state index contributed by atoms with van der Waals surface area (Å²) in [4.78, 5) is 36.2. The molecule has 114 valence electrons. The van der Waals surface area contributed by atoms with Crippen LogP contribution in [-0.4, -0.2) is 49.1 Å². The van der Waals surface area contributed by atoms with Gasteiger partial charge in [0.25, 0.3) is 0 Å². The van der Waals surface area contributed by atoms with Gasteiger partial charge in [0.05, 0.1) is 18.8 Å². The molecule has 0 aliphatic heterocycles. The van der Waals surface area contributed by atoms with E-state index in [-0.39, 0.29) is 19.0 Å². The highest BCUT2D eigenvalue weighted by Gasteiger charge is 2.12. The summed E-state index contributed by atoms with van der Waals surface area (Å²) in [5.74, 6) is -0.798. The minimum atomic E-state index is -0.910. The van der Waals surface area contributed by atoms with Crippen LogP contribution in [0.4, 0.5) is 10.5 Å². The monoisotopic (exact) mass is 310 g/mol. The Labute approximate surface area is 127 Å². The average molecular weight is 310 g/mol. The lowest BCUT2D eigenvalue weighted by Gasteiger charge is -2.16. The first kappa shape index (κ1) is 17.0. The maximum atomic E-state index is 11.9. The quantitative estimate of drug-likeness (QED) is 0.663. The predicted molar refractivity (Wildman–Crippen MR) is 82.1 cm³/mol. The number of nitrogens with zero attached hydrogens (tertiary/aromatic N) is 1. The maximum Gasteiger partial charge on any atom is 0.318 e. The summed E-state index contributed by atoms with van der Waals surface area (Å²) in [7, 11) is 1.60. The molecule has 4 amide bonds. The number of amides is 4. The topological polar surface area (TPSA) is 105 Å². The van der Waals surface area contributed by atoms with Crippen LogP contribution in [0.15, 0.2) is 29.2 Å². The summed E-state index contributed by atoms with van der Waals surface area (Å²) in [5, 5.41) is 4.72. The van der Waals surface area contributed by atoms with E-state index in [0.29, 0.717) is 0 Å². The van der Waals surface area contributed by atoms with Crippen LogP contribution in [0.1, 0.15) is 0 Å². The van der Waals surface area contributed by atoms with Crippen molar-refractivity contribution in [2.24, 2.45) is 5.73 Å². The minimum absolute atomic E-state index is 0.0227. The van der Waals surface area contributed by atoms with E-state index in [4.69, 9.17) is 5.73 Å². The van der Waals surface area contributed by atoms with Crippen molar-refractivity contribution < 1.29 is 14.4 Å². The van der Waals surface area contributed by atoms with Crippen LogP contribution in [0.25, 0.3) is 0 Å². The number of hydrogen-bond acceptors (Lipinski definition) is 5. The average Bonchev–Trinajstić information content (AvgIpc) is 2.37. The lowest BCUT2D eigenvalue weighted by molar-refractivity contribution is -0.122. The van der Waals surface area contributed by atoms with Crippen molar-refractivity contribution in [1.82, 2.24) is 10.2 Å². The molecule has 0 atom stereocenters. The molecule has 8 heteroatoms. The Balaban J connectivity index is 2.49. The SMILES string of the molecule is CSc1ccccc1NC(=O)CN(C)CC(=O)NC(N)=O. The summed E-state index contributed by atoms with van der Waals surface area (Å²) in [6.07, 6.45) is 1.92. The van der Waals surface area contributed by atoms with Crippen molar-refractivity contribution in [3.05, 3.63) is 24.3 Å². The summed E-state index contributed by atoms with van der Waals surface area (Å²) < 4.78 is 0. The van der Waals surface area contributed by atoms with Gasteiger partial charge in [-0.05, 0) is 25.4 Å². The molecule has 4 N–H and O–H groups in total. The molecule has 0 heterocycles. The summed E-state index contributed by atoms with van der Waals surface area (Å²) in [6.45, 7) is -0.0740. The van der Waals surface area contributed by atoms with Gasteiger partial charge in [-0.2, -0.15) is 0 Å². The maximum absolute atomic E-state index is 11.9. The highest BCUT2D eigenvalue weighted by atomic mass is 32.2. The van der Waals surface area contributed by atoms with E-state index in [2.05, 4.69) is 5.32 Å². The lowest BCUT2D eigenvalue weighted by atomic mass is 10.3.